The van der Waals surface area contributed by atoms with Gasteiger partial charge in [-0.3, -0.25) is 0 Å². The van der Waals surface area contributed by atoms with Crippen molar-refractivity contribution in [3.05, 3.63) is 29.8 Å². The number of nitriles is 1. The van der Waals surface area contributed by atoms with Gasteiger partial charge in [-0.05, 0) is 56.1 Å². The third kappa shape index (κ3) is 4.81. The minimum absolute atomic E-state index is 0.0260. The Morgan fingerprint density at radius 3 is 2.67 bits per heavy atom. The second kappa shape index (κ2) is 7.55. The molecule has 0 saturated carbocycles. The summed E-state index contributed by atoms with van der Waals surface area (Å²) in [6, 6.07) is 7.94. The van der Waals surface area contributed by atoms with Crippen LogP contribution in [0.3, 0.4) is 0 Å². The summed E-state index contributed by atoms with van der Waals surface area (Å²) in [5, 5.41) is 12.0. The van der Waals surface area contributed by atoms with Gasteiger partial charge in [-0.25, -0.2) is 8.42 Å². The molecule has 1 aliphatic heterocycles. The molecule has 0 amide bonds. The molecular formula is C15H20N2O3S. The number of nitrogens with one attached hydrogen (secondary N) is 1. The zero-order valence-corrected chi connectivity index (χ0v) is 12.7. The molecular weight excluding hydrogens is 288 g/mol. The molecule has 114 valence electrons. The van der Waals surface area contributed by atoms with Crippen LogP contribution < -0.4 is 5.32 Å². The summed E-state index contributed by atoms with van der Waals surface area (Å²) in [4.78, 5) is 0.241. The van der Waals surface area contributed by atoms with Crippen LogP contribution in [0.4, 0.5) is 0 Å². The molecule has 1 aliphatic rings. The SMILES string of the molecule is N#Cc1ccc(S(=O)(=O)CCOCCC2CCNC2)cc1. The second-order valence-corrected chi connectivity index (χ2v) is 7.32. The summed E-state index contributed by atoms with van der Waals surface area (Å²) in [6.45, 7) is 2.92. The summed E-state index contributed by atoms with van der Waals surface area (Å²) in [7, 11) is -3.33. The molecule has 6 heteroatoms. The highest BCUT2D eigenvalue weighted by Gasteiger charge is 2.16. The highest BCUT2D eigenvalue weighted by atomic mass is 32.2. The Bertz CT molecular complexity index is 584. The van der Waals surface area contributed by atoms with Gasteiger partial charge in [0.2, 0.25) is 0 Å². The summed E-state index contributed by atoms with van der Waals surface area (Å²) in [5.74, 6) is 0.627. The van der Waals surface area contributed by atoms with Crippen LogP contribution in [0.5, 0.6) is 0 Å². The molecule has 1 aromatic carbocycles. The van der Waals surface area contributed by atoms with E-state index in [1.54, 1.807) is 0 Å². The quantitative estimate of drug-likeness (QED) is 0.769. The van der Waals surface area contributed by atoms with E-state index in [1.165, 1.54) is 30.7 Å². The highest BCUT2D eigenvalue weighted by Crippen LogP contribution is 2.13. The molecule has 21 heavy (non-hydrogen) atoms. The van der Waals surface area contributed by atoms with Crippen LogP contribution in [0.25, 0.3) is 0 Å². The van der Waals surface area contributed by atoms with E-state index in [0.717, 1.165) is 19.5 Å². The smallest absolute Gasteiger partial charge is 0.180 e. The van der Waals surface area contributed by atoms with Crippen molar-refractivity contribution in [3.63, 3.8) is 0 Å². The van der Waals surface area contributed by atoms with Crippen LogP contribution in [0.15, 0.2) is 29.2 Å². The third-order valence-electron chi connectivity index (χ3n) is 3.67. The number of nitrogens with zero attached hydrogens (tertiary/aromatic N) is 1. The number of benzene rings is 1. The number of ether oxygens (including phenoxy) is 1. The van der Waals surface area contributed by atoms with Crippen LogP contribution in [-0.2, 0) is 14.6 Å². The largest absolute Gasteiger partial charge is 0.380 e. The number of hydrogen-bond acceptors (Lipinski definition) is 5. The van der Waals surface area contributed by atoms with Crippen molar-refractivity contribution in [2.75, 3.05) is 32.1 Å². The van der Waals surface area contributed by atoms with E-state index in [4.69, 9.17) is 10.00 Å². The Kier molecular flexibility index (Phi) is 5.74. The lowest BCUT2D eigenvalue weighted by molar-refractivity contribution is 0.135. The van der Waals surface area contributed by atoms with Crippen LogP contribution in [0.1, 0.15) is 18.4 Å². The van der Waals surface area contributed by atoms with E-state index in [0.29, 0.717) is 18.1 Å². The number of hydrogen-bond donors (Lipinski definition) is 1. The van der Waals surface area contributed by atoms with Crippen molar-refractivity contribution < 1.29 is 13.2 Å². The monoisotopic (exact) mass is 308 g/mol. The second-order valence-electron chi connectivity index (χ2n) is 5.21. The zero-order chi connectivity index (χ0) is 15.1. The van der Waals surface area contributed by atoms with Crippen molar-refractivity contribution in [1.29, 1.82) is 5.26 Å². The van der Waals surface area contributed by atoms with Crippen LogP contribution in [0, 0.1) is 17.2 Å². The van der Waals surface area contributed by atoms with Crippen LogP contribution in [0.2, 0.25) is 0 Å². The van der Waals surface area contributed by atoms with Gasteiger partial charge in [-0.15, -0.1) is 0 Å². The highest BCUT2D eigenvalue weighted by molar-refractivity contribution is 7.91. The van der Waals surface area contributed by atoms with E-state index >= 15 is 0 Å². The lowest BCUT2D eigenvalue weighted by atomic mass is 10.1. The molecule has 0 aliphatic carbocycles. The minimum atomic E-state index is -3.33. The molecule has 0 bridgehead atoms. The third-order valence-corrected chi connectivity index (χ3v) is 5.37. The first-order chi connectivity index (χ1) is 10.1. The van der Waals surface area contributed by atoms with Crippen LogP contribution in [-0.4, -0.2) is 40.5 Å². The minimum Gasteiger partial charge on any atom is -0.380 e. The molecule has 0 aromatic heterocycles. The van der Waals surface area contributed by atoms with Gasteiger partial charge in [0.05, 0.1) is 28.9 Å². The summed E-state index contributed by atoms with van der Waals surface area (Å²) in [6.07, 6.45) is 2.15. The van der Waals surface area contributed by atoms with Crippen molar-refractivity contribution in [1.82, 2.24) is 5.32 Å². The molecule has 0 radical (unpaired) electrons. The summed E-state index contributed by atoms with van der Waals surface area (Å²) in [5.41, 5.74) is 0.454. The molecule has 1 saturated heterocycles. The van der Waals surface area contributed by atoms with Crippen molar-refractivity contribution in [2.45, 2.75) is 17.7 Å². The fourth-order valence-electron chi connectivity index (χ4n) is 2.34. The summed E-state index contributed by atoms with van der Waals surface area (Å²) >= 11 is 0. The van der Waals surface area contributed by atoms with Crippen LogP contribution >= 0.6 is 0 Å². The molecule has 1 N–H and O–H groups in total. The maximum Gasteiger partial charge on any atom is 0.180 e. The van der Waals surface area contributed by atoms with Gasteiger partial charge < -0.3 is 10.1 Å². The lowest BCUT2D eigenvalue weighted by Gasteiger charge is -2.09. The van der Waals surface area contributed by atoms with E-state index in [2.05, 4.69) is 5.32 Å². The number of rotatable bonds is 7. The van der Waals surface area contributed by atoms with Gasteiger partial charge in [0.15, 0.2) is 9.84 Å². The Hall–Kier alpha value is -1.42. The maximum atomic E-state index is 12.1. The molecule has 1 fully saturated rings. The molecule has 5 nitrogen and oxygen atoms in total. The fourth-order valence-corrected chi connectivity index (χ4v) is 3.46. The number of sulfone groups is 1. The maximum absolute atomic E-state index is 12.1. The van der Waals surface area contributed by atoms with E-state index in [-0.39, 0.29) is 17.3 Å². The van der Waals surface area contributed by atoms with E-state index < -0.39 is 9.84 Å². The zero-order valence-electron chi connectivity index (χ0n) is 11.9. The average Bonchev–Trinajstić information content (AvgIpc) is 3.00. The first-order valence-corrected chi connectivity index (χ1v) is 8.78. The Balaban J connectivity index is 1.74. The van der Waals surface area contributed by atoms with Crippen molar-refractivity contribution in [3.8, 4) is 6.07 Å². The van der Waals surface area contributed by atoms with Gasteiger partial charge >= 0.3 is 0 Å². The van der Waals surface area contributed by atoms with Gasteiger partial charge in [-0.1, -0.05) is 0 Å². The first kappa shape index (κ1) is 16.0. The predicted octanol–water partition coefficient (Wildman–Crippen LogP) is 1.35. The van der Waals surface area contributed by atoms with E-state index in [1.807, 2.05) is 6.07 Å². The van der Waals surface area contributed by atoms with Gasteiger partial charge in [0.25, 0.3) is 0 Å². The van der Waals surface area contributed by atoms with Gasteiger partial charge in [0, 0.05) is 6.61 Å². The first-order valence-electron chi connectivity index (χ1n) is 7.13. The normalized spacial score (nSPS) is 18.5. The molecule has 1 heterocycles. The predicted molar refractivity (Wildman–Crippen MR) is 79.6 cm³/mol. The average molecular weight is 308 g/mol. The Morgan fingerprint density at radius 1 is 1.29 bits per heavy atom. The molecule has 1 atom stereocenters. The summed E-state index contributed by atoms with van der Waals surface area (Å²) < 4.78 is 29.6. The lowest BCUT2D eigenvalue weighted by Crippen LogP contribution is -2.15. The van der Waals surface area contributed by atoms with Crippen molar-refractivity contribution >= 4 is 9.84 Å². The molecule has 2 rings (SSSR count). The van der Waals surface area contributed by atoms with Gasteiger partial charge in [-0.2, -0.15) is 5.26 Å². The fraction of sp³-hybridized carbons (Fsp3) is 0.533. The Morgan fingerprint density at radius 2 is 2.05 bits per heavy atom. The topological polar surface area (TPSA) is 79.2 Å². The van der Waals surface area contributed by atoms with Crippen molar-refractivity contribution in [2.24, 2.45) is 5.92 Å². The molecule has 1 aromatic rings. The Labute approximate surface area is 125 Å². The standard InChI is InChI=1S/C15H20N2O3S/c16-11-13-1-3-15(4-2-13)21(18,19)10-9-20-8-6-14-5-7-17-12-14/h1-4,14,17H,5-10,12H2. The van der Waals surface area contributed by atoms with E-state index in [9.17, 15) is 8.42 Å². The molecule has 1 unspecified atom stereocenters. The molecule has 0 spiro atoms. The van der Waals surface area contributed by atoms with Gasteiger partial charge in [0.1, 0.15) is 0 Å².